The first kappa shape index (κ1) is 12.7. The molecular weight excluding hydrogens is 274 g/mol. The average Bonchev–Trinajstić information content (AvgIpc) is 2.42. The molecule has 0 spiro atoms. The third kappa shape index (κ3) is 3.66. The van der Waals surface area contributed by atoms with Crippen molar-refractivity contribution < 1.29 is 9.53 Å². The van der Waals surface area contributed by atoms with Gasteiger partial charge in [0.2, 0.25) is 0 Å². The summed E-state index contributed by atoms with van der Waals surface area (Å²) in [7, 11) is 0. The zero-order chi connectivity index (χ0) is 12.3. The van der Waals surface area contributed by atoms with E-state index in [1.54, 1.807) is 27.0 Å². The Morgan fingerprint density at radius 3 is 2.75 bits per heavy atom. The van der Waals surface area contributed by atoms with Crippen molar-refractivity contribution in [2.45, 2.75) is 32.9 Å². The van der Waals surface area contributed by atoms with E-state index in [1.165, 1.54) is 4.68 Å². The van der Waals surface area contributed by atoms with Crippen LogP contribution in [0.1, 0.15) is 26.5 Å². The SMILES string of the molecule is CC(C)(C)OC(=O)Cn1cc(Br)c(C#N)n1. The van der Waals surface area contributed by atoms with Gasteiger partial charge in [0, 0.05) is 6.20 Å². The van der Waals surface area contributed by atoms with Gasteiger partial charge in [0.15, 0.2) is 5.69 Å². The number of hydrogen-bond donors (Lipinski definition) is 0. The second-order valence-corrected chi connectivity index (χ2v) is 5.08. The van der Waals surface area contributed by atoms with Crippen LogP contribution < -0.4 is 0 Å². The summed E-state index contributed by atoms with van der Waals surface area (Å²) >= 11 is 3.17. The van der Waals surface area contributed by atoms with Gasteiger partial charge in [-0.05, 0) is 36.7 Å². The first-order valence-corrected chi connectivity index (χ1v) is 5.46. The lowest BCUT2D eigenvalue weighted by molar-refractivity contribution is -0.155. The van der Waals surface area contributed by atoms with Gasteiger partial charge in [-0.25, -0.2) is 0 Å². The standard InChI is InChI=1S/C10H12BrN3O2/c1-10(2,3)16-9(15)6-14-5-7(11)8(4-12)13-14/h5H,6H2,1-3H3. The second-order valence-electron chi connectivity index (χ2n) is 4.22. The van der Waals surface area contributed by atoms with E-state index in [0.717, 1.165) is 0 Å². The number of hydrogen-bond acceptors (Lipinski definition) is 4. The van der Waals surface area contributed by atoms with Crippen LogP contribution in [0.5, 0.6) is 0 Å². The summed E-state index contributed by atoms with van der Waals surface area (Å²) in [6, 6.07) is 1.91. The maximum absolute atomic E-state index is 11.5. The molecule has 0 unspecified atom stereocenters. The summed E-state index contributed by atoms with van der Waals surface area (Å²) < 4.78 is 7.07. The minimum atomic E-state index is -0.514. The van der Waals surface area contributed by atoms with Crippen LogP contribution in [0.3, 0.4) is 0 Å². The number of carbonyl (C=O) groups excluding carboxylic acids is 1. The fraction of sp³-hybridized carbons (Fsp3) is 0.500. The van der Waals surface area contributed by atoms with E-state index in [4.69, 9.17) is 10.00 Å². The minimum Gasteiger partial charge on any atom is -0.459 e. The van der Waals surface area contributed by atoms with Gasteiger partial charge in [-0.2, -0.15) is 10.4 Å². The Morgan fingerprint density at radius 1 is 1.69 bits per heavy atom. The molecule has 1 heterocycles. The van der Waals surface area contributed by atoms with Crippen LogP contribution in [-0.4, -0.2) is 21.4 Å². The highest BCUT2D eigenvalue weighted by atomic mass is 79.9. The highest BCUT2D eigenvalue weighted by molar-refractivity contribution is 9.10. The van der Waals surface area contributed by atoms with Crippen molar-refractivity contribution >= 4 is 21.9 Å². The molecule has 0 fully saturated rings. The van der Waals surface area contributed by atoms with Gasteiger partial charge >= 0.3 is 5.97 Å². The summed E-state index contributed by atoms with van der Waals surface area (Å²) in [5, 5.41) is 12.6. The molecule has 1 aromatic rings. The molecule has 0 amide bonds. The van der Waals surface area contributed by atoms with Crippen LogP contribution in [0.25, 0.3) is 0 Å². The maximum atomic E-state index is 11.5. The lowest BCUT2D eigenvalue weighted by Gasteiger charge is -2.19. The molecular formula is C10H12BrN3O2. The fourth-order valence-electron chi connectivity index (χ4n) is 1.06. The number of halogens is 1. The van der Waals surface area contributed by atoms with Gasteiger partial charge in [0.25, 0.3) is 0 Å². The first-order chi connectivity index (χ1) is 7.31. The van der Waals surface area contributed by atoms with Gasteiger partial charge in [0.05, 0.1) is 4.47 Å². The van der Waals surface area contributed by atoms with Crippen molar-refractivity contribution in [2.24, 2.45) is 0 Å². The quantitative estimate of drug-likeness (QED) is 0.778. The van der Waals surface area contributed by atoms with E-state index in [2.05, 4.69) is 21.0 Å². The van der Waals surface area contributed by atoms with Crippen LogP contribution in [0, 0.1) is 11.3 Å². The van der Waals surface area contributed by atoms with E-state index >= 15 is 0 Å². The molecule has 86 valence electrons. The third-order valence-corrected chi connectivity index (χ3v) is 2.11. The van der Waals surface area contributed by atoms with E-state index in [0.29, 0.717) is 4.47 Å². The number of aromatic nitrogens is 2. The number of nitrogens with zero attached hydrogens (tertiary/aromatic N) is 3. The largest absolute Gasteiger partial charge is 0.459 e. The Bertz CT molecular complexity index is 440. The first-order valence-electron chi connectivity index (χ1n) is 4.67. The van der Waals surface area contributed by atoms with Gasteiger partial charge in [0.1, 0.15) is 18.2 Å². The van der Waals surface area contributed by atoms with E-state index < -0.39 is 5.60 Å². The molecule has 0 saturated heterocycles. The van der Waals surface area contributed by atoms with Gasteiger partial charge in [-0.3, -0.25) is 9.48 Å². The molecule has 0 saturated carbocycles. The molecule has 5 nitrogen and oxygen atoms in total. The minimum absolute atomic E-state index is 0.00243. The van der Waals surface area contributed by atoms with Crippen LogP contribution >= 0.6 is 15.9 Å². The zero-order valence-corrected chi connectivity index (χ0v) is 10.9. The number of ether oxygens (including phenoxy) is 1. The molecule has 0 aliphatic carbocycles. The maximum Gasteiger partial charge on any atom is 0.328 e. The molecule has 1 aromatic heterocycles. The molecule has 1 rings (SSSR count). The van der Waals surface area contributed by atoms with Crippen LogP contribution in [0.15, 0.2) is 10.7 Å². The van der Waals surface area contributed by atoms with E-state index in [1.807, 2.05) is 6.07 Å². The summed E-state index contributed by atoms with van der Waals surface area (Å²) in [5.41, 5.74) is -0.261. The molecule has 0 bridgehead atoms. The van der Waals surface area contributed by atoms with Gasteiger partial charge in [-0.1, -0.05) is 0 Å². The lowest BCUT2D eigenvalue weighted by atomic mass is 10.2. The van der Waals surface area contributed by atoms with E-state index in [-0.39, 0.29) is 18.2 Å². The number of rotatable bonds is 2. The van der Waals surface area contributed by atoms with Crippen molar-refractivity contribution in [3.8, 4) is 6.07 Å². The number of carbonyl (C=O) groups is 1. The van der Waals surface area contributed by atoms with Crippen LogP contribution in [0.4, 0.5) is 0 Å². The zero-order valence-electron chi connectivity index (χ0n) is 9.32. The highest BCUT2D eigenvalue weighted by Gasteiger charge is 2.17. The number of esters is 1. The van der Waals surface area contributed by atoms with Crippen molar-refractivity contribution in [1.29, 1.82) is 5.26 Å². The Hall–Kier alpha value is -1.35. The van der Waals surface area contributed by atoms with Crippen LogP contribution in [0.2, 0.25) is 0 Å². The Morgan fingerprint density at radius 2 is 2.31 bits per heavy atom. The molecule has 16 heavy (non-hydrogen) atoms. The summed E-state index contributed by atoms with van der Waals surface area (Å²) in [6.07, 6.45) is 1.57. The highest BCUT2D eigenvalue weighted by Crippen LogP contribution is 2.14. The topological polar surface area (TPSA) is 67.9 Å². The normalized spacial score (nSPS) is 10.9. The number of nitriles is 1. The average molecular weight is 286 g/mol. The predicted octanol–water partition coefficient (Wildman–Crippen LogP) is 1.86. The predicted molar refractivity (Wildman–Crippen MR) is 60.5 cm³/mol. The fourth-order valence-corrected chi connectivity index (χ4v) is 1.46. The van der Waals surface area contributed by atoms with E-state index in [9.17, 15) is 4.79 Å². The second kappa shape index (κ2) is 4.66. The molecule has 0 N–H and O–H groups in total. The third-order valence-electron chi connectivity index (χ3n) is 1.53. The lowest BCUT2D eigenvalue weighted by Crippen LogP contribution is -2.26. The summed E-state index contributed by atoms with van der Waals surface area (Å²) in [6.45, 7) is 5.39. The smallest absolute Gasteiger partial charge is 0.328 e. The Kier molecular flexibility index (Phi) is 3.70. The Labute approximate surface area is 102 Å². The van der Waals surface area contributed by atoms with Gasteiger partial charge < -0.3 is 4.74 Å². The molecule has 0 aromatic carbocycles. The van der Waals surface area contributed by atoms with Crippen LogP contribution in [-0.2, 0) is 16.1 Å². The molecule has 0 aliphatic heterocycles. The molecule has 6 heteroatoms. The van der Waals surface area contributed by atoms with Crippen molar-refractivity contribution in [3.63, 3.8) is 0 Å². The monoisotopic (exact) mass is 285 g/mol. The van der Waals surface area contributed by atoms with Crippen molar-refractivity contribution in [2.75, 3.05) is 0 Å². The summed E-state index contributed by atoms with van der Waals surface area (Å²) in [5.74, 6) is -0.382. The molecule has 0 aliphatic rings. The van der Waals surface area contributed by atoms with Gasteiger partial charge in [-0.15, -0.1) is 0 Å². The summed E-state index contributed by atoms with van der Waals surface area (Å²) in [4.78, 5) is 11.5. The van der Waals surface area contributed by atoms with Crippen molar-refractivity contribution in [3.05, 3.63) is 16.4 Å². The van der Waals surface area contributed by atoms with Crippen molar-refractivity contribution in [1.82, 2.24) is 9.78 Å². The molecule has 0 atom stereocenters. The Balaban J connectivity index is 2.68. The molecule has 0 radical (unpaired) electrons.